The molecule has 5 heteroatoms. The minimum atomic E-state index is 0.787. The molecule has 0 spiro atoms. The zero-order chi connectivity index (χ0) is 11.7. The first kappa shape index (κ1) is 10.2. The van der Waals surface area contributed by atoms with Gasteiger partial charge in [-0.3, -0.25) is 4.99 Å². The van der Waals surface area contributed by atoms with Crippen LogP contribution in [0.5, 0.6) is 0 Å². The number of thiocarbonyl (C=S) groups is 1. The van der Waals surface area contributed by atoms with Crippen molar-refractivity contribution in [2.45, 2.75) is 0 Å². The van der Waals surface area contributed by atoms with E-state index in [1.54, 1.807) is 12.6 Å². The lowest BCUT2D eigenvalue weighted by atomic mass is 10.2. The van der Waals surface area contributed by atoms with Gasteiger partial charge >= 0.3 is 0 Å². The molecular formula is C12H9N3OS. The van der Waals surface area contributed by atoms with Gasteiger partial charge in [0.05, 0.1) is 23.7 Å². The molecule has 0 atom stereocenters. The highest BCUT2D eigenvalue weighted by atomic mass is 32.1. The van der Waals surface area contributed by atoms with Gasteiger partial charge in [-0.25, -0.2) is 0 Å². The molecule has 0 N–H and O–H groups in total. The molecule has 1 aliphatic rings. The van der Waals surface area contributed by atoms with Crippen molar-refractivity contribution in [2.75, 3.05) is 18.0 Å². The average Bonchev–Trinajstić information content (AvgIpc) is 2.96. The van der Waals surface area contributed by atoms with E-state index in [0.717, 1.165) is 35.4 Å². The Morgan fingerprint density at radius 3 is 3.18 bits per heavy atom. The third-order valence-electron chi connectivity index (χ3n) is 2.69. The molecule has 0 fully saturated rings. The number of aliphatic imine (C=N–C) groups is 2. The van der Waals surface area contributed by atoms with Crippen LogP contribution in [0.25, 0.3) is 10.8 Å². The van der Waals surface area contributed by atoms with Gasteiger partial charge in [-0.1, -0.05) is 0 Å². The summed E-state index contributed by atoms with van der Waals surface area (Å²) < 4.78 is 5.58. The lowest BCUT2D eigenvalue weighted by Crippen LogP contribution is -2.17. The van der Waals surface area contributed by atoms with Crippen molar-refractivity contribution < 1.29 is 4.42 Å². The lowest BCUT2D eigenvalue weighted by Gasteiger charge is -2.09. The predicted octanol–water partition coefficient (Wildman–Crippen LogP) is 3.02. The molecule has 0 amide bonds. The molecule has 3 rings (SSSR count). The Bertz CT molecular complexity index is 640. The maximum Gasteiger partial charge on any atom is 0.208 e. The third-order valence-corrected chi connectivity index (χ3v) is 2.78. The molecule has 2 aromatic rings. The number of hydrogen-bond donors (Lipinski definition) is 0. The van der Waals surface area contributed by atoms with Crippen LogP contribution in [0.15, 0.2) is 38.9 Å². The van der Waals surface area contributed by atoms with Crippen LogP contribution in [0.4, 0.5) is 11.6 Å². The Morgan fingerprint density at radius 2 is 2.41 bits per heavy atom. The highest BCUT2D eigenvalue weighted by Crippen LogP contribution is 2.31. The maximum absolute atomic E-state index is 5.58. The molecule has 0 bridgehead atoms. The molecule has 1 aromatic carbocycles. The van der Waals surface area contributed by atoms with Crippen molar-refractivity contribution in [1.29, 1.82) is 0 Å². The first-order valence-electron chi connectivity index (χ1n) is 5.24. The number of anilines is 1. The summed E-state index contributed by atoms with van der Waals surface area (Å²) in [6, 6.07) is 5.80. The summed E-state index contributed by atoms with van der Waals surface area (Å²) in [5.74, 6) is 0.833. The Labute approximate surface area is 103 Å². The van der Waals surface area contributed by atoms with Gasteiger partial charge in [-0.05, 0) is 30.4 Å². The number of hydrogen-bond acceptors (Lipinski definition) is 5. The Balaban J connectivity index is 2.10. The molecule has 84 valence electrons. The van der Waals surface area contributed by atoms with Crippen molar-refractivity contribution >= 4 is 46.1 Å². The standard InChI is InChI=1S/C12H9N3OS/c17-8-14-10-1-2-11-9(5-10)6-16-12(11)15-4-3-13-7-15/h1-2,5-7H,3-4H2. The van der Waals surface area contributed by atoms with Crippen molar-refractivity contribution in [3.63, 3.8) is 0 Å². The second kappa shape index (κ2) is 4.13. The van der Waals surface area contributed by atoms with Gasteiger partial charge in [0.15, 0.2) is 0 Å². The van der Waals surface area contributed by atoms with E-state index in [0.29, 0.717) is 0 Å². The maximum atomic E-state index is 5.58. The molecule has 0 radical (unpaired) electrons. The molecule has 17 heavy (non-hydrogen) atoms. The number of rotatable bonds is 2. The first-order valence-corrected chi connectivity index (χ1v) is 5.65. The van der Waals surface area contributed by atoms with Crippen molar-refractivity contribution in [2.24, 2.45) is 9.98 Å². The van der Waals surface area contributed by atoms with E-state index in [9.17, 15) is 0 Å². The molecule has 0 unspecified atom stereocenters. The van der Waals surface area contributed by atoms with E-state index in [4.69, 9.17) is 4.42 Å². The molecule has 1 aliphatic heterocycles. The van der Waals surface area contributed by atoms with Gasteiger partial charge in [0, 0.05) is 17.3 Å². The Kier molecular flexibility index (Phi) is 2.48. The second-order valence-electron chi connectivity index (χ2n) is 3.73. The van der Waals surface area contributed by atoms with E-state index < -0.39 is 0 Å². The van der Waals surface area contributed by atoms with Crippen molar-refractivity contribution in [3.8, 4) is 0 Å². The number of isothiocyanates is 1. The molecule has 1 aromatic heterocycles. The SMILES string of the molecule is S=C=Nc1ccc2c(N3C=NCC3)occ2c1. The minimum absolute atomic E-state index is 0.787. The average molecular weight is 243 g/mol. The van der Waals surface area contributed by atoms with E-state index in [-0.39, 0.29) is 0 Å². The van der Waals surface area contributed by atoms with Crippen molar-refractivity contribution in [3.05, 3.63) is 24.5 Å². The quantitative estimate of drug-likeness (QED) is 0.601. The van der Waals surface area contributed by atoms with Crippen molar-refractivity contribution in [1.82, 2.24) is 0 Å². The molecule has 2 heterocycles. The van der Waals surface area contributed by atoms with E-state index in [1.807, 2.05) is 23.1 Å². The van der Waals surface area contributed by atoms with Crippen LogP contribution in [-0.2, 0) is 0 Å². The van der Waals surface area contributed by atoms with E-state index in [1.165, 1.54) is 0 Å². The molecular weight excluding hydrogens is 234 g/mol. The van der Waals surface area contributed by atoms with Crippen LogP contribution in [0.1, 0.15) is 0 Å². The highest BCUT2D eigenvalue weighted by molar-refractivity contribution is 7.78. The topological polar surface area (TPSA) is 41.1 Å². The van der Waals surface area contributed by atoms with Gasteiger partial charge in [0.2, 0.25) is 5.88 Å². The lowest BCUT2D eigenvalue weighted by molar-refractivity contribution is 0.574. The zero-order valence-electron chi connectivity index (χ0n) is 8.96. The predicted molar refractivity (Wildman–Crippen MR) is 71.6 cm³/mol. The number of benzene rings is 1. The Hall–Kier alpha value is -1.97. The van der Waals surface area contributed by atoms with Crippen LogP contribution < -0.4 is 4.90 Å². The second-order valence-corrected chi connectivity index (χ2v) is 3.91. The van der Waals surface area contributed by atoms with Crippen LogP contribution in [0.2, 0.25) is 0 Å². The zero-order valence-corrected chi connectivity index (χ0v) is 9.78. The van der Waals surface area contributed by atoms with Gasteiger partial charge in [0.1, 0.15) is 6.26 Å². The van der Waals surface area contributed by atoms with E-state index >= 15 is 0 Å². The monoisotopic (exact) mass is 243 g/mol. The third kappa shape index (κ3) is 1.75. The fourth-order valence-electron chi connectivity index (χ4n) is 1.90. The van der Waals surface area contributed by atoms with Crippen LogP contribution >= 0.6 is 12.2 Å². The van der Waals surface area contributed by atoms with Gasteiger partial charge in [0.25, 0.3) is 0 Å². The molecule has 4 nitrogen and oxygen atoms in total. The van der Waals surface area contributed by atoms with E-state index in [2.05, 4.69) is 27.4 Å². The first-order chi connectivity index (χ1) is 8.38. The summed E-state index contributed by atoms with van der Waals surface area (Å²) in [7, 11) is 0. The highest BCUT2D eigenvalue weighted by Gasteiger charge is 2.15. The molecule has 0 aliphatic carbocycles. The largest absolute Gasteiger partial charge is 0.447 e. The summed E-state index contributed by atoms with van der Waals surface area (Å²) in [4.78, 5) is 10.1. The smallest absolute Gasteiger partial charge is 0.208 e. The van der Waals surface area contributed by atoms with Crippen LogP contribution in [-0.4, -0.2) is 24.6 Å². The van der Waals surface area contributed by atoms with Gasteiger partial charge < -0.3 is 9.32 Å². The normalized spacial score (nSPS) is 14.2. The number of nitrogens with zero attached hydrogens (tertiary/aromatic N) is 3. The molecule has 0 saturated carbocycles. The van der Waals surface area contributed by atoms with Crippen LogP contribution in [0, 0.1) is 0 Å². The fourth-order valence-corrected chi connectivity index (χ4v) is 2.01. The van der Waals surface area contributed by atoms with Gasteiger partial charge in [-0.2, -0.15) is 4.99 Å². The fraction of sp³-hybridized carbons (Fsp3) is 0.167. The number of furan rings is 1. The summed E-state index contributed by atoms with van der Waals surface area (Å²) in [5, 5.41) is 4.42. The van der Waals surface area contributed by atoms with Gasteiger partial charge in [-0.15, -0.1) is 0 Å². The number of fused-ring (bicyclic) bond motifs is 1. The summed E-state index contributed by atoms with van der Waals surface area (Å²) in [6.07, 6.45) is 3.53. The Morgan fingerprint density at radius 1 is 1.47 bits per heavy atom. The van der Waals surface area contributed by atoms with Crippen LogP contribution in [0.3, 0.4) is 0 Å². The summed E-state index contributed by atoms with van der Waals surface area (Å²) in [5.41, 5.74) is 0.787. The summed E-state index contributed by atoms with van der Waals surface area (Å²) in [6.45, 7) is 1.68. The molecule has 0 saturated heterocycles. The summed E-state index contributed by atoms with van der Waals surface area (Å²) >= 11 is 4.58. The minimum Gasteiger partial charge on any atom is -0.447 e.